The maximum atomic E-state index is 12.2. The molecule has 0 aromatic carbocycles. The fourth-order valence-corrected chi connectivity index (χ4v) is 1.80. The fourth-order valence-electron chi connectivity index (χ4n) is 1.80. The van der Waals surface area contributed by atoms with Gasteiger partial charge in [-0.3, -0.25) is 4.79 Å². The second kappa shape index (κ2) is 12.2. The van der Waals surface area contributed by atoms with Crippen LogP contribution in [0.1, 0.15) is 34.1 Å². The summed E-state index contributed by atoms with van der Waals surface area (Å²) in [5, 5.41) is 0. The third kappa shape index (κ3) is 9.68. The Morgan fingerprint density at radius 1 is 1.16 bits per heavy atom. The van der Waals surface area contributed by atoms with E-state index in [0.717, 1.165) is 0 Å². The zero-order chi connectivity index (χ0) is 14.5. The second-order valence-electron chi connectivity index (χ2n) is 4.48. The van der Waals surface area contributed by atoms with Gasteiger partial charge in [-0.05, 0) is 26.7 Å². The molecule has 1 atom stereocenters. The molecule has 0 aromatic rings. The standard InChI is InChI=1S/C15H29NO3/c1-5-8-14(4)13-15(17)16(9-11-18-6-2)10-12-19-7-3/h5,8,14H,6-7,9-13H2,1-4H3. The van der Waals surface area contributed by atoms with Crippen LogP contribution in [0.4, 0.5) is 0 Å². The molecule has 112 valence electrons. The maximum absolute atomic E-state index is 12.2. The van der Waals surface area contributed by atoms with Gasteiger partial charge in [0.1, 0.15) is 0 Å². The topological polar surface area (TPSA) is 38.8 Å². The van der Waals surface area contributed by atoms with Gasteiger partial charge in [0.2, 0.25) is 5.91 Å². The fraction of sp³-hybridized carbons (Fsp3) is 0.800. The Bertz CT molecular complexity index is 244. The monoisotopic (exact) mass is 271 g/mol. The van der Waals surface area contributed by atoms with Crippen LogP contribution in [0, 0.1) is 5.92 Å². The molecule has 0 aliphatic heterocycles. The molecule has 0 heterocycles. The van der Waals surface area contributed by atoms with Crippen molar-refractivity contribution in [2.45, 2.75) is 34.1 Å². The van der Waals surface area contributed by atoms with Gasteiger partial charge in [0.15, 0.2) is 0 Å². The summed E-state index contributed by atoms with van der Waals surface area (Å²) >= 11 is 0. The van der Waals surface area contributed by atoms with Crippen molar-refractivity contribution < 1.29 is 14.3 Å². The predicted molar refractivity (Wildman–Crippen MR) is 78.2 cm³/mol. The molecule has 0 radical (unpaired) electrons. The summed E-state index contributed by atoms with van der Waals surface area (Å²) in [6.07, 6.45) is 4.59. The van der Waals surface area contributed by atoms with Gasteiger partial charge in [-0.25, -0.2) is 0 Å². The highest BCUT2D eigenvalue weighted by atomic mass is 16.5. The zero-order valence-corrected chi connectivity index (χ0v) is 12.9. The van der Waals surface area contributed by atoms with E-state index in [2.05, 4.69) is 13.0 Å². The van der Waals surface area contributed by atoms with Gasteiger partial charge in [0.25, 0.3) is 0 Å². The van der Waals surface area contributed by atoms with E-state index in [1.54, 1.807) is 0 Å². The first kappa shape index (κ1) is 18.1. The molecule has 0 spiro atoms. The quantitative estimate of drug-likeness (QED) is 0.428. The summed E-state index contributed by atoms with van der Waals surface area (Å²) in [7, 11) is 0. The molecule has 0 bridgehead atoms. The van der Waals surface area contributed by atoms with Crippen molar-refractivity contribution in [1.82, 2.24) is 4.90 Å². The highest BCUT2D eigenvalue weighted by Crippen LogP contribution is 2.07. The number of rotatable bonds is 11. The summed E-state index contributed by atoms with van der Waals surface area (Å²) in [6, 6.07) is 0. The van der Waals surface area contributed by atoms with Gasteiger partial charge in [0, 0.05) is 32.7 Å². The normalized spacial score (nSPS) is 12.8. The maximum Gasteiger partial charge on any atom is 0.223 e. The number of ether oxygens (including phenoxy) is 2. The largest absolute Gasteiger partial charge is 0.380 e. The van der Waals surface area contributed by atoms with E-state index in [9.17, 15) is 4.79 Å². The van der Waals surface area contributed by atoms with E-state index < -0.39 is 0 Å². The van der Waals surface area contributed by atoms with E-state index in [1.807, 2.05) is 31.7 Å². The molecular weight excluding hydrogens is 242 g/mol. The van der Waals surface area contributed by atoms with Gasteiger partial charge in [-0.15, -0.1) is 0 Å². The van der Waals surface area contributed by atoms with Crippen molar-refractivity contribution in [2.24, 2.45) is 5.92 Å². The molecule has 0 aromatic heterocycles. The van der Waals surface area contributed by atoms with Crippen LogP contribution in [-0.4, -0.2) is 50.3 Å². The molecule has 0 fully saturated rings. The first-order chi connectivity index (χ1) is 9.15. The van der Waals surface area contributed by atoms with Crippen LogP contribution in [0.3, 0.4) is 0 Å². The molecule has 4 heteroatoms. The first-order valence-corrected chi connectivity index (χ1v) is 7.21. The minimum atomic E-state index is 0.171. The lowest BCUT2D eigenvalue weighted by Crippen LogP contribution is -2.37. The van der Waals surface area contributed by atoms with Crippen molar-refractivity contribution in [3.8, 4) is 0 Å². The van der Waals surface area contributed by atoms with Crippen molar-refractivity contribution in [1.29, 1.82) is 0 Å². The Hall–Kier alpha value is -0.870. The molecule has 0 aliphatic carbocycles. The van der Waals surface area contributed by atoms with Crippen molar-refractivity contribution in [3.63, 3.8) is 0 Å². The molecule has 1 amide bonds. The van der Waals surface area contributed by atoms with Crippen LogP contribution in [0.5, 0.6) is 0 Å². The minimum absolute atomic E-state index is 0.171. The average Bonchev–Trinajstić information content (AvgIpc) is 2.37. The van der Waals surface area contributed by atoms with Crippen LogP contribution < -0.4 is 0 Å². The first-order valence-electron chi connectivity index (χ1n) is 7.21. The molecular formula is C15H29NO3. The van der Waals surface area contributed by atoms with E-state index in [4.69, 9.17) is 9.47 Å². The molecule has 0 rings (SSSR count). The van der Waals surface area contributed by atoms with Gasteiger partial charge >= 0.3 is 0 Å². The Balaban J connectivity index is 4.22. The summed E-state index contributed by atoms with van der Waals surface area (Å²) in [6.45, 7) is 11.8. The molecule has 1 unspecified atom stereocenters. The number of hydrogen-bond acceptors (Lipinski definition) is 3. The summed E-state index contributed by atoms with van der Waals surface area (Å²) in [5.74, 6) is 0.448. The number of hydrogen-bond donors (Lipinski definition) is 0. The van der Waals surface area contributed by atoms with Gasteiger partial charge < -0.3 is 14.4 Å². The minimum Gasteiger partial charge on any atom is -0.380 e. The van der Waals surface area contributed by atoms with E-state index in [-0.39, 0.29) is 11.8 Å². The van der Waals surface area contributed by atoms with Crippen LogP contribution in [0.15, 0.2) is 12.2 Å². The van der Waals surface area contributed by atoms with Gasteiger partial charge in [0.05, 0.1) is 13.2 Å². The smallest absolute Gasteiger partial charge is 0.223 e. The Labute approximate surface area is 117 Å². The van der Waals surface area contributed by atoms with Crippen LogP contribution in [-0.2, 0) is 14.3 Å². The number of carbonyl (C=O) groups is 1. The second-order valence-corrected chi connectivity index (χ2v) is 4.48. The Kier molecular flexibility index (Phi) is 11.6. The third-order valence-electron chi connectivity index (χ3n) is 2.79. The third-order valence-corrected chi connectivity index (χ3v) is 2.79. The predicted octanol–water partition coefficient (Wildman–Crippen LogP) is 2.49. The Morgan fingerprint density at radius 3 is 2.11 bits per heavy atom. The van der Waals surface area contributed by atoms with Crippen molar-refractivity contribution in [2.75, 3.05) is 39.5 Å². The molecule has 0 saturated carbocycles. The molecule has 4 nitrogen and oxygen atoms in total. The Morgan fingerprint density at radius 2 is 1.68 bits per heavy atom. The number of nitrogens with zero attached hydrogens (tertiary/aromatic N) is 1. The van der Waals surface area contributed by atoms with Crippen LogP contribution in [0.25, 0.3) is 0 Å². The van der Waals surface area contributed by atoms with E-state index >= 15 is 0 Å². The number of amides is 1. The zero-order valence-electron chi connectivity index (χ0n) is 12.9. The molecule has 19 heavy (non-hydrogen) atoms. The lowest BCUT2D eigenvalue weighted by molar-refractivity contribution is -0.133. The molecule has 0 aliphatic rings. The average molecular weight is 271 g/mol. The van der Waals surface area contributed by atoms with Crippen molar-refractivity contribution >= 4 is 5.91 Å². The number of carbonyl (C=O) groups excluding carboxylic acids is 1. The highest BCUT2D eigenvalue weighted by Gasteiger charge is 2.15. The summed E-state index contributed by atoms with van der Waals surface area (Å²) in [5.41, 5.74) is 0. The number of allylic oxidation sites excluding steroid dienone is 2. The van der Waals surface area contributed by atoms with Gasteiger partial charge in [-0.2, -0.15) is 0 Å². The van der Waals surface area contributed by atoms with Gasteiger partial charge in [-0.1, -0.05) is 19.1 Å². The summed E-state index contributed by atoms with van der Waals surface area (Å²) < 4.78 is 10.6. The lowest BCUT2D eigenvalue weighted by Gasteiger charge is -2.23. The van der Waals surface area contributed by atoms with E-state index in [1.165, 1.54) is 0 Å². The lowest BCUT2D eigenvalue weighted by atomic mass is 10.1. The highest BCUT2D eigenvalue weighted by molar-refractivity contribution is 5.76. The van der Waals surface area contributed by atoms with Crippen LogP contribution in [0.2, 0.25) is 0 Å². The van der Waals surface area contributed by atoms with E-state index in [0.29, 0.717) is 45.9 Å². The van der Waals surface area contributed by atoms with Crippen molar-refractivity contribution in [3.05, 3.63) is 12.2 Å². The van der Waals surface area contributed by atoms with Crippen LogP contribution >= 0.6 is 0 Å². The SMILES string of the molecule is CC=CC(C)CC(=O)N(CCOCC)CCOCC. The molecule has 0 saturated heterocycles. The summed E-state index contributed by atoms with van der Waals surface area (Å²) in [4.78, 5) is 14.0. The molecule has 0 N–H and O–H groups in total.